The molecule has 112 valence electrons. The highest BCUT2D eigenvalue weighted by molar-refractivity contribution is 6.34. The highest BCUT2D eigenvalue weighted by atomic mass is 35.5. The fraction of sp³-hybridized carbons (Fsp3) is 0. The summed E-state index contributed by atoms with van der Waals surface area (Å²) >= 11 is 11.7. The number of amides is 1. The Morgan fingerprint density at radius 2 is 1.95 bits per heavy atom. The number of halogens is 2. The lowest BCUT2D eigenvalue weighted by Crippen LogP contribution is -2.08. The van der Waals surface area contributed by atoms with Crippen molar-refractivity contribution in [2.24, 2.45) is 0 Å². The molecule has 0 fully saturated rings. The SMILES string of the molecule is O=C(/C=C/c1cccc(Cl)c1)Nc1cc([N+](=O)[O-])ccc1Cl. The molecule has 22 heavy (non-hydrogen) atoms. The highest BCUT2D eigenvalue weighted by Crippen LogP contribution is 2.26. The maximum absolute atomic E-state index is 11.8. The lowest BCUT2D eigenvalue weighted by Gasteiger charge is -2.04. The van der Waals surface area contributed by atoms with Crippen LogP contribution in [0.15, 0.2) is 48.5 Å². The van der Waals surface area contributed by atoms with Crippen LogP contribution in [0.1, 0.15) is 5.56 Å². The van der Waals surface area contributed by atoms with E-state index in [1.165, 1.54) is 24.3 Å². The van der Waals surface area contributed by atoms with E-state index < -0.39 is 10.8 Å². The third kappa shape index (κ3) is 4.31. The molecule has 0 aliphatic heterocycles. The minimum atomic E-state index is -0.562. The summed E-state index contributed by atoms with van der Waals surface area (Å²) in [5.41, 5.74) is 0.780. The summed E-state index contributed by atoms with van der Waals surface area (Å²) in [4.78, 5) is 22.0. The van der Waals surface area contributed by atoms with Gasteiger partial charge in [0, 0.05) is 23.2 Å². The third-order valence-electron chi connectivity index (χ3n) is 2.69. The Hall–Kier alpha value is -2.37. The number of anilines is 1. The summed E-state index contributed by atoms with van der Waals surface area (Å²) in [6, 6.07) is 10.8. The molecule has 0 saturated carbocycles. The van der Waals surface area contributed by atoms with Gasteiger partial charge in [-0.25, -0.2) is 0 Å². The first-order chi connectivity index (χ1) is 10.5. The van der Waals surface area contributed by atoms with Crippen LogP contribution in [0.3, 0.4) is 0 Å². The van der Waals surface area contributed by atoms with Crippen LogP contribution in [0.5, 0.6) is 0 Å². The van der Waals surface area contributed by atoms with Gasteiger partial charge in [-0.3, -0.25) is 14.9 Å². The number of benzene rings is 2. The highest BCUT2D eigenvalue weighted by Gasteiger charge is 2.10. The van der Waals surface area contributed by atoms with Gasteiger partial charge in [0.15, 0.2) is 0 Å². The molecule has 2 rings (SSSR count). The van der Waals surface area contributed by atoms with E-state index >= 15 is 0 Å². The van der Waals surface area contributed by atoms with Crippen LogP contribution in [-0.4, -0.2) is 10.8 Å². The standard InChI is InChI=1S/C15H10Cl2N2O3/c16-11-3-1-2-10(8-11)4-7-15(20)18-14-9-12(19(21)22)5-6-13(14)17/h1-9H,(H,18,20)/b7-4+. The molecule has 7 heteroatoms. The zero-order valence-corrected chi connectivity index (χ0v) is 12.6. The molecule has 0 aromatic heterocycles. The zero-order valence-electron chi connectivity index (χ0n) is 11.1. The molecule has 1 amide bonds. The van der Waals surface area contributed by atoms with E-state index in [9.17, 15) is 14.9 Å². The number of hydrogen-bond acceptors (Lipinski definition) is 3. The second-order valence-electron chi connectivity index (χ2n) is 4.30. The van der Waals surface area contributed by atoms with Gasteiger partial charge in [-0.15, -0.1) is 0 Å². The van der Waals surface area contributed by atoms with E-state index in [1.807, 2.05) is 0 Å². The van der Waals surface area contributed by atoms with E-state index in [2.05, 4.69) is 5.32 Å². The Balaban J connectivity index is 2.12. The maximum atomic E-state index is 11.8. The van der Waals surface area contributed by atoms with E-state index in [1.54, 1.807) is 30.3 Å². The van der Waals surface area contributed by atoms with E-state index in [4.69, 9.17) is 23.2 Å². The molecule has 0 saturated heterocycles. The van der Waals surface area contributed by atoms with Gasteiger partial charge < -0.3 is 5.32 Å². The average Bonchev–Trinajstić information content (AvgIpc) is 2.47. The molecule has 0 atom stereocenters. The van der Waals surface area contributed by atoms with Gasteiger partial charge in [-0.05, 0) is 29.8 Å². The smallest absolute Gasteiger partial charge is 0.271 e. The zero-order chi connectivity index (χ0) is 16.1. The number of nitrogens with one attached hydrogen (secondary N) is 1. The second kappa shape index (κ2) is 7.06. The van der Waals surface area contributed by atoms with Crippen molar-refractivity contribution in [2.75, 3.05) is 5.32 Å². The molecule has 0 bridgehead atoms. The fourth-order valence-corrected chi connectivity index (χ4v) is 2.04. The lowest BCUT2D eigenvalue weighted by molar-refractivity contribution is -0.384. The molecule has 0 aliphatic carbocycles. The van der Waals surface area contributed by atoms with E-state index in [0.717, 1.165) is 5.56 Å². The molecule has 1 N–H and O–H groups in total. The Morgan fingerprint density at radius 1 is 1.18 bits per heavy atom. The minimum Gasteiger partial charge on any atom is -0.321 e. The van der Waals surface area contributed by atoms with Crippen LogP contribution in [0, 0.1) is 10.1 Å². The number of nitrogens with zero attached hydrogens (tertiary/aromatic N) is 1. The third-order valence-corrected chi connectivity index (χ3v) is 3.26. The second-order valence-corrected chi connectivity index (χ2v) is 5.14. The molecular formula is C15H10Cl2N2O3. The van der Waals surface area contributed by atoms with Crippen molar-refractivity contribution in [1.82, 2.24) is 0 Å². The van der Waals surface area contributed by atoms with E-state index in [-0.39, 0.29) is 16.4 Å². The summed E-state index contributed by atoms with van der Waals surface area (Å²) in [7, 11) is 0. The van der Waals surface area contributed by atoms with Crippen molar-refractivity contribution in [3.8, 4) is 0 Å². The van der Waals surface area contributed by atoms with Gasteiger partial charge in [-0.2, -0.15) is 0 Å². The van der Waals surface area contributed by atoms with Crippen molar-refractivity contribution in [3.05, 3.63) is 74.3 Å². The van der Waals surface area contributed by atoms with Gasteiger partial charge in [0.2, 0.25) is 5.91 Å². The Bertz CT molecular complexity index is 760. The van der Waals surface area contributed by atoms with Crippen LogP contribution < -0.4 is 5.32 Å². The number of non-ortho nitro benzene ring substituents is 1. The molecule has 0 unspecified atom stereocenters. The largest absolute Gasteiger partial charge is 0.321 e. The minimum absolute atomic E-state index is 0.154. The molecule has 0 heterocycles. The van der Waals surface area contributed by atoms with Crippen LogP contribution >= 0.6 is 23.2 Å². The quantitative estimate of drug-likeness (QED) is 0.505. The Morgan fingerprint density at radius 3 is 2.64 bits per heavy atom. The van der Waals surface area contributed by atoms with Gasteiger partial charge in [-0.1, -0.05) is 35.3 Å². The van der Waals surface area contributed by atoms with Crippen molar-refractivity contribution in [2.45, 2.75) is 0 Å². The van der Waals surface area contributed by atoms with Crippen molar-refractivity contribution < 1.29 is 9.72 Å². The van der Waals surface area contributed by atoms with Gasteiger partial charge in [0.1, 0.15) is 0 Å². The predicted molar refractivity (Wildman–Crippen MR) is 87.2 cm³/mol. The topological polar surface area (TPSA) is 72.2 Å². The first-order valence-corrected chi connectivity index (χ1v) is 6.90. The molecule has 2 aromatic rings. The summed E-state index contributed by atoms with van der Waals surface area (Å²) in [5, 5.41) is 14.0. The van der Waals surface area contributed by atoms with Crippen LogP contribution in [-0.2, 0) is 4.79 Å². The summed E-state index contributed by atoms with van der Waals surface area (Å²) < 4.78 is 0. The Kier molecular flexibility index (Phi) is 5.14. The van der Waals surface area contributed by atoms with E-state index in [0.29, 0.717) is 5.02 Å². The molecule has 0 spiro atoms. The average molecular weight is 337 g/mol. The predicted octanol–water partition coefficient (Wildman–Crippen LogP) is 4.55. The first-order valence-electron chi connectivity index (χ1n) is 6.14. The van der Waals surface area contributed by atoms with Gasteiger partial charge >= 0.3 is 0 Å². The molecular weight excluding hydrogens is 327 g/mol. The summed E-state index contributed by atoms with van der Waals surface area (Å²) in [5.74, 6) is -0.456. The number of rotatable bonds is 4. The normalized spacial score (nSPS) is 10.6. The monoisotopic (exact) mass is 336 g/mol. The van der Waals surface area contributed by atoms with Gasteiger partial charge in [0.25, 0.3) is 5.69 Å². The number of carbonyl (C=O) groups is 1. The summed E-state index contributed by atoms with van der Waals surface area (Å²) in [6.45, 7) is 0. The number of nitro groups is 1. The molecule has 0 aliphatic rings. The van der Waals surface area contributed by atoms with Crippen LogP contribution in [0.25, 0.3) is 6.08 Å². The number of hydrogen-bond donors (Lipinski definition) is 1. The van der Waals surface area contributed by atoms with Gasteiger partial charge in [0.05, 0.1) is 15.6 Å². The Labute approximate surface area is 136 Å². The molecule has 0 radical (unpaired) electrons. The maximum Gasteiger partial charge on any atom is 0.271 e. The van der Waals surface area contributed by atoms with Crippen molar-refractivity contribution >= 4 is 46.6 Å². The molecule has 5 nitrogen and oxygen atoms in total. The first kappa shape index (κ1) is 16.0. The van der Waals surface area contributed by atoms with Crippen LogP contribution in [0.4, 0.5) is 11.4 Å². The number of carbonyl (C=O) groups excluding carboxylic acids is 1. The summed E-state index contributed by atoms with van der Waals surface area (Å²) in [6.07, 6.45) is 2.87. The van der Waals surface area contributed by atoms with Crippen molar-refractivity contribution in [3.63, 3.8) is 0 Å². The van der Waals surface area contributed by atoms with Crippen LogP contribution in [0.2, 0.25) is 10.0 Å². The molecule has 2 aromatic carbocycles. The van der Waals surface area contributed by atoms with Crippen molar-refractivity contribution in [1.29, 1.82) is 0 Å². The fourth-order valence-electron chi connectivity index (χ4n) is 1.68. The lowest BCUT2D eigenvalue weighted by atomic mass is 10.2. The number of nitro benzene ring substituents is 1.